The zero-order valence-corrected chi connectivity index (χ0v) is 7.92. The molecule has 3 heteroatoms. The molecule has 1 aromatic rings. The maximum absolute atomic E-state index is 10.8. The Morgan fingerprint density at radius 3 is 2.46 bits per heavy atom. The fourth-order valence-electron chi connectivity index (χ4n) is 1.36. The second-order valence-corrected chi connectivity index (χ2v) is 2.96. The van der Waals surface area contributed by atoms with Crippen LogP contribution in [0.15, 0.2) is 12.1 Å². The molecule has 0 unspecified atom stereocenters. The molecule has 1 aromatic carbocycles. The maximum atomic E-state index is 10.8. The van der Waals surface area contributed by atoms with E-state index in [9.17, 15) is 4.79 Å². The lowest BCUT2D eigenvalue weighted by Crippen LogP contribution is -2.03. The highest BCUT2D eigenvalue weighted by atomic mass is 16.5. The molecule has 1 N–H and O–H groups in total. The summed E-state index contributed by atoms with van der Waals surface area (Å²) in [6.07, 6.45) is 0. The van der Waals surface area contributed by atoms with E-state index >= 15 is 0 Å². The number of benzene rings is 1. The Kier molecular flexibility index (Phi) is 2.56. The monoisotopic (exact) mass is 180 g/mol. The third-order valence-corrected chi connectivity index (χ3v) is 1.88. The van der Waals surface area contributed by atoms with Crippen molar-refractivity contribution in [3.05, 3.63) is 28.8 Å². The molecule has 0 atom stereocenters. The van der Waals surface area contributed by atoms with Crippen molar-refractivity contribution in [2.24, 2.45) is 0 Å². The van der Waals surface area contributed by atoms with Crippen molar-refractivity contribution < 1.29 is 14.6 Å². The first-order valence-corrected chi connectivity index (χ1v) is 3.94. The van der Waals surface area contributed by atoms with Gasteiger partial charge >= 0.3 is 5.97 Å². The van der Waals surface area contributed by atoms with Gasteiger partial charge in [0.2, 0.25) is 0 Å². The van der Waals surface area contributed by atoms with Crippen LogP contribution < -0.4 is 4.74 Å². The molecule has 1 rings (SSSR count). The quantitative estimate of drug-likeness (QED) is 0.757. The SMILES string of the molecule is COc1cc(C)cc(C)c1C(=O)O. The third-order valence-electron chi connectivity index (χ3n) is 1.88. The minimum atomic E-state index is -0.950. The van der Waals surface area contributed by atoms with Crippen molar-refractivity contribution in [2.75, 3.05) is 7.11 Å². The molecule has 0 spiro atoms. The van der Waals surface area contributed by atoms with E-state index in [-0.39, 0.29) is 5.56 Å². The molecule has 3 nitrogen and oxygen atoms in total. The molecule has 70 valence electrons. The Balaban J connectivity index is 3.38. The van der Waals surface area contributed by atoms with Gasteiger partial charge in [0.25, 0.3) is 0 Å². The van der Waals surface area contributed by atoms with Gasteiger partial charge in [-0.3, -0.25) is 0 Å². The summed E-state index contributed by atoms with van der Waals surface area (Å²) in [6, 6.07) is 3.54. The van der Waals surface area contributed by atoms with Crippen molar-refractivity contribution >= 4 is 5.97 Å². The van der Waals surface area contributed by atoms with Gasteiger partial charge in [-0.15, -0.1) is 0 Å². The Hall–Kier alpha value is -1.51. The summed E-state index contributed by atoms with van der Waals surface area (Å²) in [7, 11) is 1.47. The van der Waals surface area contributed by atoms with Crippen molar-refractivity contribution in [3.63, 3.8) is 0 Å². The molecule has 0 fully saturated rings. The van der Waals surface area contributed by atoms with E-state index in [0.29, 0.717) is 5.75 Å². The molecule has 0 aliphatic carbocycles. The van der Waals surface area contributed by atoms with E-state index in [4.69, 9.17) is 9.84 Å². The molecule has 0 saturated heterocycles. The molecule has 0 aromatic heterocycles. The summed E-state index contributed by atoms with van der Waals surface area (Å²) in [5.41, 5.74) is 1.97. The van der Waals surface area contributed by atoms with E-state index in [1.54, 1.807) is 13.0 Å². The highest BCUT2D eigenvalue weighted by Crippen LogP contribution is 2.23. The standard InChI is InChI=1S/C10H12O3/c1-6-4-7(2)9(10(11)12)8(5-6)13-3/h4-5H,1-3H3,(H,11,12). The predicted octanol–water partition coefficient (Wildman–Crippen LogP) is 2.01. The zero-order valence-electron chi connectivity index (χ0n) is 7.92. The number of carbonyl (C=O) groups is 1. The average molecular weight is 180 g/mol. The van der Waals surface area contributed by atoms with Crippen LogP contribution in [0.1, 0.15) is 21.5 Å². The van der Waals surface area contributed by atoms with E-state index in [1.165, 1.54) is 7.11 Å². The summed E-state index contributed by atoms with van der Waals surface area (Å²) in [5, 5.41) is 8.89. The molecule has 0 radical (unpaired) electrons. The van der Waals surface area contributed by atoms with Gasteiger partial charge in [-0.1, -0.05) is 6.07 Å². The number of hydrogen-bond acceptors (Lipinski definition) is 2. The lowest BCUT2D eigenvalue weighted by atomic mass is 10.0. The molecule has 0 bridgehead atoms. The number of rotatable bonds is 2. The number of aryl methyl sites for hydroxylation is 2. The fraction of sp³-hybridized carbons (Fsp3) is 0.300. The maximum Gasteiger partial charge on any atom is 0.339 e. The van der Waals surface area contributed by atoms with Gasteiger partial charge in [0.1, 0.15) is 11.3 Å². The van der Waals surface area contributed by atoms with Gasteiger partial charge in [-0.05, 0) is 31.0 Å². The fourth-order valence-corrected chi connectivity index (χ4v) is 1.36. The average Bonchev–Trinajstić information content (AvgIpc) is 2.01. The second-order valence-electron chi connectivity index (χ2n) is 2.96. The second kappa shape index (κ2) is 3.47. The number of aromatic carboxylic acids is 1. The van der Waals surface area contributed by atoms with Gasteiger partial charge in [-0.2, -0.15) is 0 Å². The van der Waals surface area contributed by atoms with Crippen LogP contribution >= 0.6 is 0 Å². The first-order valence-electron chi connectivity index (χ1n) is 3.94. The topological polar surface area (TPSA) is 46.5 Å². The van der Waals surface area contributed by atoms with Gasteiger partial charge in [-0.25, -0.2) is 4.79 Å². The van der Waals surface area contributed by atoms with Crippen LogP contribution in [0.2, 0.25) is 0 Å². The van der Waals surface area contributed by atoms with Crippen LogP contribution in [-0.4, -0.2) is 18.2 Å². The van der Waals surface area contributed by atoms with E-state index < -0.39 is 5.97 Å². The van der Waals surface area contributed by atoms with Gasteiger partial charge in [0.05, 0.1) is 7.11 Å². The molecule has 0 aliphatic heterocycles. The predicted molar refractivity (Wildman–Crippen MR) is 49.4 cm³/mol. The van der Waals surface area contributed by atoms with Crippen LogP contribution in [-0.2, 0) is 0 Å². The Morgan fingerprint density at radius 1 is 1.38 bits per heavy atom. The highest BCUT2D eigenvalue weighted by molar-refractivity contribution is 5.92. The molecule has 13 heavy (non-hydrogen) atoms. The number of methoxy groups -OCH3 is 1. The van der Waals surface area contributed by atoms with Crippen LogP contribution in [0.4, 0.5) is 0 Å². The summed E-state index contributed by atoms with van der Waals surface area (Å²) in [4.78, 5) is 10.8. The number of carboxylic acids is 1. The minimum Gasteiger partial charge on any atom is -0.496 e. The summed E-state index contributed by atoms with van der Waals surface area (Å²) in [5.74, 6) is -0.528. The first-order chi connectivity index (χ1) is 6.06. The van der Waals surface area contributed by atoms with Crippen LogP contribution in [0, 0.1) is 13.8 Å². The lowest BCUT2D eigenvalue weighted by Gasteiger charge is -2.08. The largest absolute Gasteiger partial charge is 0.496 e. The summed E-state index contributed by atoms with van der Waals surface area (Å²) < 4.78 is 4.99. The normalized spacial score (nSPS) is 9.77. The number of carboxylic acid groups (broad SMARTS) is 1. The number of hydrogen-bond donors (Lipinski definition) is 1. The van der Waals surface area contributed by atoms with Crippen molar-refractivity contribution in [3.8, 4) is 5.75 Å². The lowest BCUT2D eigenvalue weighted by molar-refractivity contribution is 0.0692. The van der Waals surface area contributed by atoms with Crippen LogP contribution in [0.5, 0.6) is 5.75 Å². The molecule has 0 saturated carbocycles. The first kappa shape index (κ1) is 9.58. The molecular formula is C10H12O3. The molecule has 0 amide bonds. The molecule has 0 aliphatic rings. The van der Waals surface area contributed by atoms with Crippen LogP contribution in [0.3, 0.4) is 0 Å². The van der Waals surface area contributed by atoms with Gasteiger partial charge in [0, 0.05) is 0 Å². The summed E-state index contributed by atoms with van der Waals surface area (Å²) in [6.45, 7) is 3.67. The van der Waals surface area contributed by atoms with Crippen LogP contribution in [0.25, 0.3) is 0 Å². The highest BCUT2D eigenvalue weighted by Gasteiger charge is 2.13. The number of ether oxygens (including phenoxy) is 1. The summed E-state index contributed by atoms with van der Waals surface area (Å²) >= 11 is 0. The molecule has 0 heterocycles. The Morgan fingerprint density at radius 2 is 2.00 bits per heavy atom. The van der Waals surface area contributed by atoms with E-state index in [2.05, 4.69) is 0 Å². The molecular weight excluding hydrogens is 168 g/mol. The Bertz CT molecular complexity index is 342. The van der Waals surface area contributed by atoms with E-state index in [0.717, 1.165) is 11.1 Å². The zero-order chi connectivity index (χ0) is 10.0. The van der Waals surface area contributed by atoms with Gasteiger partial charge < -0.3 is 9.84 Å². The smallest absolute Gasteiger partial charge is 0.339 e. The minimum absolute atomic E-state index is 0.244. The van der Waals surface area contributed by atoms with Crippen molar-refractivity contribution in [1.82, 2.24) is 0 Å². The Labute approximate surface area is 77.0 Å². The van der Waals surface area contributed by atoms with Gasteiger partial charge in [0.15, 0.2) is 0 Å². The third kappa shape index (κ3) is 1.80. The van der Waals surface area contributed by atoms with Crippen molar-refractivity contribution in [2.45, 2.75) is 13.8 Å². The van der Waals surface area contributed by atoms with Crippen molar-refractivity contribution in [1.29, 1.82) is 0 Å². The van der Waals surface area contributed by atoms with E-state index in [1.807, 2.05) is 13.0 Å².